The van der Waals surface area contributed by atoms with Crippen LogP contribution in [-0.4, -0.2) is 5.78 Å². The fourth-order valence-electron chi connectivity index (χ4n) is 3.15. The number of Topliss-reactive ketones (excluding diaryl/α,β-unsaturated/α-hetero) is 1. The van der Waals surface area contributed by atoms with Crippen molar-refractivity contribution < 1.29 is 4.79 Å². The first-order chi connectivity index (χ1) is 9.22. The minimum absolute atomic E-state index is 0.285. The van der Waals surface area contributed by atoms with Gasteiger partial charge in [-0.1, -0.05) is 84.5 Å². The monoisotopic (exact) mass is 266 g/mol. The smallest absolute Gasteiger partial charge is 0.135 e. The lowest BCUT2D eigenvalue weighted by molar-refractivity contribution is -0.123. The summed E-state index contributed by atoms with van der Waals surface area (Å²) in [7, 11) is 0. The SMILES string of the molecule is CC1CCCCCCCCCCCCCC(=O)C1C. The van der Waals surface area contributed by atoms with E-state index in [1.54, 1.807) is 0 Å². The molecule has 0 aliphatic heterocycles. The third-order valence-corrected chi connectivity index (χ3v) is 4.94. The number of carbonyl (C=O) groups is 1. The predicted octanol–water partition coefficient (Wildman–Crippen LogP) is 5.91. The Morgan fingerprint density at radius 1 is 0.684 bits per heavy atom. The average molecular weight is 266 g/mol. The average Bonchev–Trinajstić information content (AvgIpc) is 2.41. The molecule has 0 amide bonds. The molecule has 1 fully saturated rings. The Morgan fingerprint density at radius 2 is 1.11 bits per heavy atom. The molecule has 0 bridgehead atoms. The molecule has 1 rings (SSSR count). The van der Waals surface area contributed by atoms with Gasteiger partial charge in [-0.3, -0.25) is 4.79 Å². The fourth-order valence-corrected chi connectivity index (χ4v) is 3.15. The minimum atomic E-state index is 0.285. The van der Waals surface area contributed by atoms with Gasteiger partial charge in [0.15, 0.2) is 0 Å². The molecule has 0 aromatic carbocycles. The third kappa shape index (κ3) is 7.74. The number of carbonyl (C=O) groups excluding carboxylic acids is 1. The van der Waals surface area contributed by atoms with Crippen LogP contribution in [0.1, 0.15) is 97.3 Å². The molecule has 112 valence electrons. The van der Waals surface area contributed by atoms with E-state index in [9.17, 15) is 4.79 Å². The molecule has 1 nitrogen and oxygen atoms in total. The van der Waals surface area contributed by atoms with E-state index in [0.717, 1.165) is 12.8 Å². The largest absolute Gasteiger partial charge is 0.299 e. The van der Waals surface area contributed by atoms with Crippen LogP contribution in [0.25, 0.3) is 0 Å². The standard InChI is InChI=1S/C18H34O/c1-16-14-12-10-8-6-4-3-5-7-9-11-13-15-18(19)17(16)2/h16-17H,3-15H2,1-2H3. The molecule has 0 spiro atoms. The Balaban J connectivity index is 2.33. The zero-order chi connectivity index (χ0) is 13.9. The summed E-state index contributed by atoms with van der Waals surface area (Å²) in [4.78, 5) is 12.1. The summed E-state index contributed by atoms with van der Waals surface area (Å²) >= 11 is 0. The van der Waals surface area contributed by atoms with E-state index in [4.69, 9.17) is 0 Å². The van der Waals surface area contributed by atoms with Crippen LogP contribution in [-0.2, 0) is 4.79 Å². The molecule has 1 saturated carbocycles. The van der Waals surface area contributed by atoms with E-state index in [1.807, 2.05) is 0 Å². The van der Waals surface area contributed by atoms with E-state index >= 15 is 0 Å². The summed E-state index contributed by atoms with van der Waals surface area (Å²) in [6.45, 7) is 4.42. The van der Waals surface area contributed by atoms with Crippen LogP contribution in [0.4, 0.5) is 0 Å². The summed E-state index contributed by atoms with van der Waals surface area (Å²) in [5.41, 5.74) is 0. The maximum absolute atomic E-state index is 12.1. The fraction of sp³-hybridized carbons (Fsp3) is 0.944. The van der Waals surface area contributed by atoms with Crippen molar-refractivity contribution in [2.24, 2.45) is 11.8 Å². The quantitative estimate of drug-likeness (QED) is 0.532. The van der Waals surface area contributed by atoms with Crippen LogP contribution in [0, 0.1) is 11.8 Å². The van der Waals surface area contributed by atoms with E-state index in [0.29, 0.717) is 11.7 Å². The highest BCUT2D eigenvalue weighted by atomic mass is 16.1. The van der Waals surface area contributed by atoms with Crippen molar-refractivity contribution in [3.8, 4) is 0 Å². The van der Waals surface area contributed by atoms with Crippen molar-refractivity contribution in [2.75, 3.05) is 0 Å². The van der Waals surface area contributed by atoms with Crippen LogP contribution >= 0.6 is 0 Å². The van der Waals surface area contributed by atoms with Crippen molar-refractivity contribution in [1.82, 2.24) is 0 Å². The van der Waals surface area contributed by atoms with Crippen LogP contribution < -0.4 is 0 Å². The molecule has 0 aromatic heterocycles. The normalized spacial score (nSPS) is 30.1. The lowest BCUT2D eigenvalue weighted by Crippen LogP contribution is -2.18. The van der Waals surface area contributed by atoms with Gasteiger partial charge in [-0.2, -0.15) is 0 Å². The van der Waals surface area contributed by atoms with Crippen LogP contribution in [0.3, 0.4) is 0 Å². The lowest BCUT2D eigenvalue weighted by atomic mass is 9.85. The van der Waals surface area contributed by atoms with Crippen LogP contribution in [0.15, 0.2) is 0 Å². The van der Waals surface area contributed by atoms with Gasteiger partial charge in [0.1, 0.15) is 5.78 Å². The van der Waals surface area contributed by atoms with Crippen molar-refractivity contribution in [3.05, 3.63) is 0 Å². The number of hydrogen-bond donors (Lipinski definition) is 0. The topological polar surface area (TPSA) is 17.1 Å². The third-order valence-electron chi connectivity index (χ3n) is 4.94. The molecule has 19 heavy (non-hydrogen) atoms. The molecule has 0 aromatic rings. The molecule has 2 unspecified atom stereocenters. The lowest BCUT2D eigenvalue weighted by Gasteiger charge is -2.19. The highest BCUT2D eigenvalue weighted by Gasteiger charge is 2.19. The summed E-state index contributed by atoms with van der Waals surface area (Å²) in [5.74, 6) is 1.38. The summed E-state index contributed by atoms with van der Waals surface area (Å²) in [5, 5.41) is 0. The number of ketones is 1. The molecular weight excluding hydrogens is 232 g/mol. The van der Waals surface area contributed by atoms with Gasteiger partial charge in [-0.05, 0) is 12.3 Å². The Hall–Kier alpha value is -0.330. The summed E-state index contributed by atoms with van der Waals surface area (Å²) in [6, 6.07) is 0. The predicted molar refractivity (Wildman–Crippen MR) is 83.4 cm³/mol. The Bertz CT molecular complexity index is 234. The molecule has 0 saturated heterocycles. The summed E-state index contributed by atoms with van der Waals surface area (Å²) < 4.78 is 0. The molecule has 2 atom stereocenters. The van der Waals surface area contributed by atoms with Gasteiger partial charge in [0.25, 0.3) is 0 Å². The zero-order valence-electron chi connectivity index (χ0n) is 13.3. The Labute approximate surface area is 120 Å². The second kappa shape index (κ2) is 10.5. The van der Waals surface area contributed by atoms with Crippen LogP contribution in [0.5, 0.6) is 0 Å². The highest BCUT2D eigenvalue weighted by molar-refractivity contribution is 5.80. The van der Waals surface area contributed by atoms with Gasteiger partial charge in [0.2, 0.25) is 0 Å². The van der Waals surface area contributed by atoms with Crippen molar-refractivity contribution in [1.29, 1.82) is 0 Å². The highest BCUT2D eigenvalue weighted by Crippen LogP contribution is 2.22. The molecule has 1 aliphatic carbocycles. The molecular formula is C18H34O. The van der Waals surface area contributed by atoms with E-state index in [-0.39, 0.29) is 5.92 Å². The Morgan fingerprint density at radius 3 is 1.63 bits per heavy atom. The van der Waals surface area contributed by atoms with Crippen molar-refractivity contribution in [3.63, 3.8) is 0 Å². The first-order valence-electron chi connectivity index (χ1n) is 8.74. The van der Waals surface area contributed by atoms with Gasteiger partial charge in [-0.15, -0.1) is 0 Å². The minimum Gasteiger partial charge on any atom is -0.299 e. The molecule has 0 N–H and O–H groups in total. The van der Waals surface area contributed by atoms with Gasteiger partial charge < -0.3 is 0 Å². The molecule has 0 radical (unpaired) electrons. The molecule has 1 heteroatoms. The van der Waals surface area contributed by atoms with Gasteiger partial charge in [0.05, 0.1) is 0 Å². The van der Waals surface area contributed by atoms with Gasteiger partial charge >= 0.3 is 0 Å². The maximum Gasteiger partial charge on any atom is 0.135 e. The Kier molecular flexibility index (Phi) is 9.20. The van der Waals surface area contributed by atoms with Gasteiger partial charge in [-0.25, -0.2) is 0 Å². The van der Waals surface area contributed by atoms with Crippen LogP contribution in [0.2, 0.25) is 0 Å². The van der Waals surface area contributed by atoms with E-state index in [2.05, 4.69) is 13.8 Å². The second-order valence-electron chi connectivity index (χ2n) is 6.66. The summed E-state index contributed by atoms with van der Waals surface area (Å²) in [6.07, 6.45) is 16.9. The molecule has 1 aliphatic rings. The zero-order valence-corrected chi connectivity index (χ0v) is 13.3. The van der Waals surface area contributed by atoms with Gasteiger partial charge in [0, 0.05) is 12.3 Å². The van der Waals surface area contributed by atoms with E-state index in [1.165, 1.54) is 70.6 Å². The molecule has 0 heterocycles. The van der Waals surface area contributed by atoms with Crippen molar-refractivity contribution >= 4 is 5.78 Å². The maximum atomic E-state index is 12.1. The second-order valence-corrected chi connectivity index (χ2v) is 6.66. The number of hydrogen-bond acceptors (Lipinski definition) is 1. The van der Waals surface area contributed by atoms with E-state index < -0.39 is 0 Å². The number of rotatable bonds is 0. The van der Waals surface area contributed by atoms with Crippen molar-refractivity contribution in [2.45, 2.75) is 97.3 Å². The first-order valence-corrected chi connectivity index (χ1v) is 8.74. The first kappa shape index (κ1) is 16.7.